The highest BCUT2D eigenvalue weighted by atomic mass is 15.0. The normalized spacial score (nSPS) is 11.4. The predicted molar refractivity (Wildman–Crippen MR) is 244 cm³/mol. The maximum Gasteiger partial charge on any atom is 0.164 e. The number of benzene rings is 9. The van der Waals surface area contributed by atoms with Crippen molar-refractivity contribution in [3.63, 3.8) is 0 Å². The molecule has 0 aliphatic rings. The van der Waals surface area contributed by atoms with Crippen LogP contribution >= 0.6 is 0 Å². The standard InChI is InChI=1S/C55H36N4/c1-5-18-37(19-6-1)41-32-35-50-48(36-41)45-28-15-16-30-49(45)59(50)51-31-17-29-46(52(51)38-20-7-2-8-21-38)44-33-34-47(43-27-14-13-26-42(43)44)55-57-53(39-22-9-3-10-23-39)56-54(58-55)40-24-11-4-12-25-40/h1-36H. The molecule has 2 heterocycles. The lowest BCUT2D eigenvalue weighted by Gasteiger charge is -2.20. The van der Waals surface area contributed by atoms with Crippen molar-refractivity contribution in [3.05, 3.63) is 218 Å². The first-order valence-electron chi connectivity index (χ1n) is 20.0. The smallest absolute Gasteiger partial charge is 0.164 e. The molecule has 0 radical (unpaired) electrons. The number of hydrogen-bond acceptors (Lipinski definition) is 3. The molecule has 276 valence electrons. The largest absolute Gasteiger partial charge is 0.309 e. The molecule has 0 bridgehead atoms. The highest BCUT2D eigenvalue weighted by Crippen LogP contribution is 2.44. The van der Waals surface area contributed by atoms with E-state index in [0.29, 0.717) is 17.5 Å². The molecule has 0 unspecified atom stereocenters. The van der Waals surface area contributed by atoms with Crippen LogP contribution in [0.25, 0.3) is 106 Å². The molecule has 0 aliphatic carbocycles. The number of hydrogen-bond donors (Lipinski definition) is 0. The van der Waals surface area contributed by atoms with Crippen LogP contribution in [0, 0.1) is 0 Å². The van der Waals surface area contributed by atoms with Gasteiger partial charge in [0.15, 0.2) is 17.5 Å². The summed E-state index contributed by atoms with van der Waals surface area (Å²) in [4.78, 5) is 15.2. The lowest BCUT2D eigenvalue weighted by Crippen LogP contribution is -2.01. The third-order valence-corrected chi connectivity index (χ3v) is 11.3. The Morgan fingerprint density at radius 2 is 0.763 bits per heavy atom. The van der Waals surface area contributed by atoms with Gasteiger partial charge in [-0.3, -0.25) is 0 Å². The van der Waals surface area contributed by atoms with Gasteiger partial charge >= 0.3 is 0 Å². The fourth-order valence-electron chi connectivity index (χ4n) is 8.56. The minimum Gasteiger partial charge on any atom is -0.309 e. The second-order valence-electron chi connectivity index (χ2n) is 14.8. The summed E-state index contributed by atoms with van der Waals surface area (Å²) >= 11 is 0. The van der Waals surface area contributed by atoms with E-state index in [2.05, 4.69) is 162 Å². The van der Waals surface area contributed by atoms with E-state index in [4.69, 9.17) is 15.0 Å². The van der Waals surface area contributed by atoms with Crippen molar-refractivity contribution >= 4 is 32.6 Å². The Bertz CT molecular complexity index is 3240. The van der Waals surface area contributed by atoms with E-state index in [-0.39, 0.29) is 0 Å². The Hall–Kier alpha value is -7.95. The Morgan fingerprint density at radius 1 is 0.271 bits per heavy atom. The molecule has 4 heteroatoms. The van der Waals surface area contributed by atoms with E-state index in [1.807, 2.05) is 60.7 Å². The number of nitrogens with zero attached hydrogens (tertiary/aromatic N) is 4. The van der Waals surface area contributed by atoms with E-state index in [1.54, 1.807) is 0 Å². The molecular formula is C55H36N4. The number of fused-ring (bicyclic) bond motifs is 4. The lowest BCUT2D eigenvalue weighted by atomic mass is 9.88. The summed E-state index contributed by atoms with van der Waals surface area (Å²) in [6, 6.07) is 77.1. The van der Waals surface area contributed by atoms with E-state index >= 15 is 0 Å². The summed E-state index contributed by atoms with van der Waals surface area (Å²) in [5, 5.41) is 4.64. The molecule has 11 aromatic rings. The molecule has 0 saturated carbocycles. The summed E-state index contributed by atoms with van der Waals surface area (Å²) < 4.78 is 2.45. The van der Waals surface area contributed by atoms with Gasteiger partial charge < -0.3 is 4.57 Å². The van der Waals surface area contributed by atoms with E-state index in [0.717, 1.165) is 49.8 Å². The topological polar surface area (TPSA) is 43.6 Å². The zero-order valence-corrected chi connectivity index (χ0v) is 32.1. The maximum atomic E-state index is 5.12. The first-order chi connectivity index (χ1) is 29.3. The summed E-state index contributed by atoms with van der Waals surface area (Å²) in [6.07, 6.45) is 0. The highest BCUT2D eigenvalue weighted by molar-refractivity contribution is 6.12. The minimum absolute atomic E-state index is 0.637. The van der Waals surface area contributed by atoms with Crippen LogP contribution in [0.5, 0.6) is 0 Å². The van der Waals surface area contributed by atoms with E-state index in [9.17, 15) is 0 Å². The molecule has 11 rings (SSSR count). The maximum absolute atomic E-state index is 5.12. The van der Waals surface area contributed by atoms with Gasteiger partial charge in [-0.25, -0.2) is 15.0 Å². The van der Waals surface area contributed by atoms with Crippen molar-refractivity contribution in [2.75, 3.05) is 0 Å². The summed E-state index contributed by atoms with van der Waals surface area (Å²) in [6.45, 7) is 0. The first kappa shape index (κ1) is 34.3. The molecule has 0 aliphatic heterocycles. The van der Waals surface area contributed by atoms with Gasteiger partial charge in [0.2, 0.25) is 0 Å². The van der Waals surface area contributed by atoms with E-state index in [1.165, 1.54) is 38.5 Å². The molecule has 4 nitrogen and oxygen atoms in total. The monoisotopic (exact) mass is 752 g/mol. The van der Waals surface area contributed by atoms with Gasteiger partial charge in [-0.1, -0.05) is 188 Å². The summed E-state index contributed by atoms with van der Waals surface area (Å²) in [7, 11) is 0. The van der Waals surface area contributed by atoms with Crippen LogP contribution in [-0.4, -0.2) is 19.5 Å². The third kappa shape index (κ3) is 6.06. The molecule has 0 amide bonds. The van der Waals surface area contributed by atoms with Gasteiger partial charge in [0.25, 0.3) is 0 Å². The van der Waals surface area contributed by atoms with Gasteiger partial charge in [0.05, 0.1) is 16.7 Å². The molecular weight excluding hydrogens is 717 g/mol. The van der Waals surface area contributed by atoms with Crippen molar-refractivity contribution in [1.29, 1.82) is 0 Å². The van der Waals surface area contributed by atoms with Crippen LogP contribution < -0.4 is 0 Å². The van der Waals surface area contributed by atoms with Crippen LogP contribution in [0.1, 0.15) is 0 Å². The Kier molecular flexibility index (Phi) is 8.45. The molecule has 0 saturated heterocycles. The zero-order chi connectivity index (χ0) is 39.1. The predicted octanol–water partition coefficient (Wildman–Crippen LogP) is 14.1. The van der Waals surface area contributed by atoms with Crippen molar-refractivity contribution in [2.24, 2.45) is 0 Å². The zero-order valence-electron chi connectivity index (χ0n) is 32.1. The molecule has 0 N–H and O–H groups in total. The summed E-state index contributed by atoms with van der Waals surface area (Å²) in [5.41, 5.74) is 13.3. The van der Waals surface area contributed by atoms with Gasteiger partial charge in [0.1, 0.15) is 0 Å². The van der Waals surface area contributed by atoms with Crippen LogP contribution in [0.4, 0.5) is 0 Å². The van der Waals surface area contributed by atoms with Gasteiger partial charge in [-0.2, -0.15) is 0 Å². The molecule has 0 atom stereocenters. The van der Waals surface area contributed by atoms with Crippen molar-refractivity contribution < 1.29 is 0 Å². The molecule has 59 heavy (non-hydrogen) atoms. The lowest BCUT2D eigenvalue weighted by molar-refractivity contribution is 1.08. The average Bonchev–Trinajstić information content (AvgIpc) is 3.65. The minimum atomic E-state index is 0.637. The Labute approximate surface area is 342 Å². The first-order valence-corrected chi connectivity index (χ1v) is 20.0. The second-order valence-corrected chi connectivity index (χ2v) is 14.8. The molecule has 2 aromatic heterocycles. The highest BCUT2D eigenvalue weighted by Gasteiger charge is 2.22. The second kappa shape index (κ2) is 14.5. The molecule has 0 fully saturated rings. The quantitative estimate of drug-likeness (QED) is 0.163. The number of rotatable bonds is 7. The van der Waals surface area contributed by atoms with Gasteiger partial charge in [-0.15, -0.1) is 0 Å². The van der Waals surface area contributed by atoms with Crippen molar-refractivity contribution in [3.8, 4) is 73.2 Å². The SMILES string of the molecule is c1ccc(-c2ccc3c(c2)c2ccccc2n3-c2cccc(-c3ccc(-c4nc(-c5ccccc5)nc(-c5ccccc5)n4)c4ccccc34)c2-c2ccccc2)cc1. The number of aromatic nitrogens is 4. The van der Waals surface area contributed by atoms with Crippen LogP contribution in [-0.2, 0) is 0 Å². The molecule has 0 spiro atoms. The fraction of sp³-hybridized carbons (Fsp3) is 0. The van der Waals surface area contributed by atoms with Crippen LogP contribution in [0.3, 0.4) is 0 Å². The van der Waals surface area contributed by atoms with E-state index < -0.39 is 0 Å². The molecule has 9 aromatic carbocycles. The van der Waals surface area contributed by atoms with Crippen molar-refractivity contribution in [1.82, 2.24) is 19.5 Å². The van der Waals surface area contributed by atoms with Crippen LogP contribution in [0.15, 0.2) is 218 Å². The number of para-hydroxylation sites is 1. The Balaban J connectivity index is 1.14. The average molecular weight is 753 g/mol. The Morgan fingerprint density at radius 3 is 1.41 bits per heavy atom. The van der Waals surface area contributed by atoms with Crippen molar-refractivity contribution in [2.45, 2.75) is 0 Å². The third-order valence-electron chi connectivity index (χ3n) is 11.3. The van der Waals surface area contributed by atoms with Gasteiger partial charge in [0, 0.05) is 33.0 Å². The fourth-order valence-corrected chi connectivity index (χ4v) is 8.56. The van der Waals surface area contributed by atoms with Crippen LogP contribution in [0.2, 0.25) is 0 Å². The summed E-state index contributed by atoms with van der Waals surface area (Å²) in [5.74, 6) is 1.92. The van der Waals surface area contributed by atoms with Gasteiger partial charge in [-0.05, 0) is 68.9 Å².